The van der Waals surface area contributed by atoms with Crippen molar-refractivity contribution in [1.29, 1.82) is 0 Å². The molecule has 0 saturated heterocycles. The second-order valence-corrected chi connectivity index (χ2v) is 6.35. The average Bonchev–Trinajstić information content (AvgIpc) is 2.24. The molecule has 84 valence electrons. The van der Waals surface area contributed by atoms with Crippen molar-refractivity contribution in [2.24, 2.45) is 0 Å². The van der Waals surface area contributed by atoms with Crippen molar-refractivity contribution in [2.75, 3.05) is 0 Å². The Labute approximate surface area is 101 Å². The van der Waals surface area contributed by atoms with Crippen LogP contribution in [-0.4, -0.2) is 7.85 Å². The van der Waals surface area contributed by atoms with Crippen LogP contribution in [0.25, 0.3) is 0 Å². The number of fused-ring (bicyclic) bond motifs is 1. The van der Waals surface area contributed by atoms with Gasteiger partial charge >= 0.3 is 0 Å². The van der Waals surface area contributed by atoms with Crippen LogP contribution in [0.4, 0.5) is 0 Å². The minimum Gasteiger partial charge on any atom is -0.0643 e. The number of rotatable bonds is 1. The summed E-state index contributed by atoms with van der Waals surface area (Å²) in [7, 11) is 5.74. The van der Waals surface area contributed by atoms with Gasteiger partial charge in [-0.3, -0.25) is 0 Å². The van der Waals surface area contributed by atoms with Gasteiger partial charge in [-0.25, -0.2) is 0 Å². The summed E-state index contributed by atoms with van der Waals surface area (Å²) in [5, 5.41) is 0. The van der Waals surface area contributed by atoms with E-state index in [4.69, 9.17) is 7.85 Å². The molecule has 0 atom stereocenters. The van der Waals surface area contributed by atoms with E-state index in [-0.39, 0.29) is 0 Å². The fourth-order valence-electron chi connectivity index (χ4n) is 2.76. The molecule has 1 aromatic carbocycles. The first-order chi connectivity index (χ1) is 7.37. The highest BCUT2D eigenvalue weighted by atomic mass is 14.4. The molecule has 0 fully saturated rings. The Kier molecular flexibility index (Phi) is 2.68. The molecule has 0 saturated carbocycles. The topological polar surface area (TPSA) is 0 Å². The second kappa shape index (κ2) is 3.65. The molecule has 16 heavy (non-hydrogen) atoms. The molecule has 0 heterocycles. The maximum absolute atomic E-state index is 5.74. The van der Waals surface area contributed by atoms with Gasteiger partial charge < -0.3 is 0 Å². The van der Waals surface area contributed by atoms with Crippen molar-refractivity contribution in [2.45, 2.75) is 57.7 Å². The first-order valence-corrected chi connectivity index (χ1v) is 6.21. The summed E-state index contributed by atoms with van der Waals surface area (Å²) in [5.74, 6) is 0. The van der Waals surface area contributed by atoms with Crippen LogP contribution in [0.1, 0.15) is 57.2 Å². The standard InChI is InChI=1S/C15H21B/c1-14(2)7-8-15(3,4)13-9-11(10-16)5-6-12(13)14/h5-6,9H,7-8,10H2,1-4H3. The van der Waals surface area contributed by atoms with Crippen molar-refractivity contribution in [3.63, 3.8) is 0 Å². The summed E-state index contributed by atoms with van der Waals surface area (Å²) < 4.78 is 0. The normalized spacial score (nSPS) is 21.5. The van der Waals surface area contributed by atoms with Crippen LogP contribution in [-0.2, 0) is 17.2 Å². The van der Waals surface area contributed by atoms with Crippen LogP contribution >= 0.6 is 0 Å². The first-order valence-electron chi connectivity index (χ1n) is 6.21. The number of benzene rings is 1. The van der Waals surface area contributed by atoms with E-state index in [0.29, 0.717) is 17.2 Å². The van der Waals surface area contributed by atoms with Crippen LogP contribution in [0.15, 0.2) is 18.2 Å². The molecule has 0 aromatic heterocycles. The van der Waals surface area contributed by atoms with E-state index in [2.05, 4.69) is 45.9 Å². The van der Waals surface area contributed by atoms with Crippen molar-refractivity contribution >= 4 is 7.85 Å². The molecule has 0 bridgehead atoms. The maximum atomic E-state index is 5.74. The summed E-state index contributed by atoms with van der Waals surface area (Å²) in [6.45, 7) is 9.40. The number of hydrogen-bond donors (Lipinski definition) is 0. The summed E-state index contributed by atoms with van der Waals surface area (Å²) in [6, 6.07) is 6.79. The Morgan fingerprint density at radius 1 is 1.00 bits per heavy atom. The Balaban J connectivity index is 2.60. The minimum absolute atomic E-state index is 0.302. The molecule has 2 radical (unpaired) electrons. The quantitative estimate of drug-likeness (QED) is 0.622. The van der Waals surface area contributed by atoms with E-state index in [1.165, 1.54) is 29.5 Å². The van der Waals surface area contributed by atoms with Gasteiger partial charge in [0.25, 0.3) is 0 Å². The van der Waals surface area contributed by atoms with Gasteiger partial charge in [-0.1, -0.05) is 57.8 Å². The van der Waals surface area contributed by atoms with Gasteiger partial charge in [0.1, 0.15) is 0 Å². The molecule has 1 heteroatoms. The van der Waals surface area contributed by atoms with Crippen molar-refractivity contribution in [1.82, 2.24) is 0 Å². The molecule has 0 aliphatic heterocycles. The van der Waals surface area contributed by atoms with E-state index in [0.717, 1.165) is 0 Å². The van der Waals surface area contributed by atoms with Crippen molar-refractivity contribution in [3.8, 4) is 0 Å². The highest BCUT2D eigenvalue weighted by Gasteiger charge is 2.36. The largest absolute Gasteiger partial charge is 0.0716 e. The Morgan fingerprint density at radius 3 is 2.12 bits per heavy atom. The fourth-order valence-corrected chi connectivity index (χ4v) is 2.76. The zero-order valence-electron chi connectivity index (χ0n) is 10.9. The summed E-state index contributed by atoms with van der Waals surface area (Å²) in [4.78, 5) is 0. The van der Waals surface area contributed by atoms with Crippen LogP contribution in [0.5, 0.6) is 0 Å². The van der Waals surface area contributed by atoms with Gasteiger partial charge in [0, 0.05) is 0 Å². The van der Waals surface area contributed by atoms with Crippen molar-refractivity contribution in [3.05, 3.63) is 34.9 Å². The second-order valence-electron chi connectivity index (χ2n) is 6.35. The van der Waals surface area contributed by atoms with Gasteiger partial charge in [-0.2, -0.15) is 0 Å². The third-order valence-electron chi connectivity index (χ3n) is 4.15. The highest BCUT2D eigenvalue weighted by Crippen LogP contribution is 2.45. The van der Waals surface area contributed by atoms with E-state index in [1.807, 2.05) is 0 Å². The molecule has 0 nitrogen and oxygen atoms in total. The Bertz CT molecular complexity index is 402. The number of hydrogen-bond acceptors (Lipinski definition) is 0. The molecule has 0 spiro atoms. The van der Waals surface area contributed by atoms with Crippen LogP contribution in [0, 0.1) is 0 Å². The van der Waals surface area contributed by atoms with Crippen molar-refractivity contribution < 1.29 is 0 Å². The summed E-state index contributed by atoms with van der Waals surface area (Å²) >= 11 is 0. The average molecular weight is 212 g/mol. The third kappa shape index (κ3) is 1.81. The van der Waals surface area contributed by atoms with Crippen LogP contribution < -0.4 is 0 Å². The molecule has 0 N–H and O–H groups in total. The van der Waals surface area contributed by atoms with Gasteiger partial charge in [0.05, 0.1) is 7.85 Å². The molecule has 1 aliphatic carbocycles. The fraction of sp³-hybridized carbons (Fsp3) is 0.600. The highest BCUT2D eigenvalue weighted by molar-refractivity contribution is 6.08. The van der Waals surface area contributed by atoms with Gasteiger partial charge in [-0.15, -0.1) is 0 Å². The Hall–Kier alpha value is -0.715. The Morgan fingerprint density at radius 2 is 1.56 bits per heavy atom. The summed E-state index contributed by atoms with van der Waals surface area (Å²) in [6.07, 6.45) is 3.18. The third-order valence-corrected chi connectivity index (χ3v) is 4.15. The van der Waals surface area contributed by atoms with Crippen LogP contribution in [0.2, 0.25) is 0 Å². The lowest BCUT2D eigenvalue weighted by Crippen LogP contribution is -2.33. The first kappa shape index (κ1) is 11.8. The lowest BCUT2D eigenvalue weighted by Gasteiger charge is -2.42. The molecule has 2 rings (SSSR count). The van der Waals surface area contributed by atoms with E-state index >= 15 is 0 Å². The van der Waals surface area contributed by atoms with Gasteiger partial charge in [0.15, 0.2) is 0 Å². The lowest BCUT2D eigenvalue weighted by molar-refractivity contribution is 0.331. The molecule has 1 aromatic rings. The lowest BCUT2D eigenvalue weighted by atomic mass is 9.63. The van der Waals surface area contributed by atoms with E-state index < -0.39 is 0 Å². The summed E-state index contributed by atoms with van der Waals surface area (Å²) in [5.41, 5.74) is 4.89. The van der Waals surface area contributed by atoms with Gasteiger partial charge in [-0.05, 0) is 34.8 Å². The van der Waals surface area contributed by atoms with Crippen LogP contribution in [0.3, 0.4) is 0 Å². The zero-order chi connectivity index (χ0) is 12.0. The monoisotopic (exact) mass is 212 g/mol. The molecular weight excluding hydrogens is 191 g/mol. The minimum atomic E-state index is 0.302. The predicted molar refractivity (Wildman–Crippen MR) is 71.2 cm³/mol. The van der Waals surface area contributed by atoms with E-state index in [1.54, 1.807) is 0 Å². The molecule has 0 unspecified atom stereocenters. The zero-order valence-corrected chi connectivity index (χ0v) is 10.9. The molecule has 0 amide bonds. The smallest absolute Gasteiger partial charge is 0.0643 e. The molecular formula is C15H21B. The molecule has 1 aliphatic rings. The van der Waals surface area contributed by atoms with E-state index in [9.17, 15) is 0 Å². The van der Waals surface area contributed by atoms with Gasteiger partial charge in [0.2, 0.25) is 0 Å². The maximum Gasteiger partial charge on any atom is 0.0716 e. The SMILES string of the molecule is [B]Cc1ccc2c(c1)C(C)(C)CCC2(C)C. The predicted octanol–water partition coefficient (Wildman–Crippen LogP) is 3.70.